The highest BCUT2D eigenvalue weighted by molar-refractivity contribution is 7.80. The first-order valence-electron chi connectivity index (χ1n) is 5.60. The Bertz CT molecular complexity index is 641. The SMILES string of the molecule is Cc1cccc(C(N)=S)c1Nc1ccc(Cl)c(Cl)c1. The maximum absolute atomic E-state index is 6.00. The second-order valence-corrected chi connectivity index (χ2v) is 5.37. The quantitative estimate of drug-likeness (QED) is 0.808. The van der Waals surface area contributed by atoms with Crippen molar-refractivity contribution in [1.82, 2.24) is 0 Å². The van der Waals surface area contributed by atoms with Crippen LogP contribution in [0.4, 0.5) is 11.4 Å². The van der Waals surface area contributed by atoms with Gasteiger partial charge in [-0.05, 0) is 36.8 Å². The number of halogens is 2. The van der Waals surface area contributed by atoms with Crippen LogP contribution in [-0.4, -0.2) is 4.99 Å². The summed E-state index contributed by atoms with van der Waals surface area (Å²) < 4.78 is 0. The number of hydrogen-bond donors (Lipinski definition) is 2. The Morgan fingerprint density at radius 2 is 1.89 bits per heavy atom. The number of benzene rings is 2. The third kappa shape index (κ3) is 3.18. The summed E-state index contributed by atoms with van der Waals surface area (Å²) in [5.74, 6) is 0. The Labute approximate surface area is 127 Å². The van der Waals surface area contributed by atoms with E-state index in [1.807, 2.05) is 31.2 Å². The van der Waals surface area contributed by atoms with Crippen molar-refractivity contribution in [1.29, 1.82) is 0 Å². The highest BCUT2D eigenvalue weighted by Gasteiger charge is 2.09. The van der Waals surface area contributed by atoms with Crippen molar-refractivity contribution in [2.24, 2.45) is 5.73 Å². The van der Waals surface area contributed by atoms with E-state index < -0.39 is 0 Å². The molecule has 0 unspecified atom stereocenters. The zero-order chi connectivity index (χ0) is 14.0. The molecule has 19 heavy (non-hydrogen) atoms. The Morgan fingerprint density at radius 1 is 1.16 bits per heavy atom. The second kappa shape index (κ2) is 5.78. The first-order chi connectivity index (χ1) is 8.99. The van der Waals surface area contributed by atoms with E-state index in [-0.39, 0.29) is 0 Å². The number of nitrogens with one attached hydrogen (secondary N) is 1. The molecule has 0 saturated carbocycles. The van der Waals surface area contributed by atoms with Crippen LogP contribution in [0.15, 0.2) is 36.4 Å². The third-order valence-electron chi connectivity index (χ3n) is 2.73. The summed E-state index contributed by atoms with van der Waals surface area (Å²) in [7, 11) is 0. The van der Waals surface area contributed by atoms with Gasteiger partial charge in [0.15, 0.2) is 0 Å². The molecule has 0 amide bonds. The maximum Gasteiger partial charge on any atom is 0.106 e. The highest BCUT2D eigenvalue weighted by Crippen LogP contribution is 2.29. The van der Waals surface area contributed by atoms with E-state index in [0.717, 1.165) is 22.5 Å². The minimum Gasteiger partial charge on any atom is -0.389 e. The molecule has 0 fully saturated rings. The van der Waals surface area contributed by atoms with Crippen LogP contribution < -0.4 is 11.1 Å². The monoisotopic (exact) mass is 310 g/mol. The van der Waals surface area contributed by atoms with Gasteiger partial charge in [0, 0.05) is 11.3 Å². The van der Waals surface area contributed by atoms with Crippen LogP contribution in [0.2, 0.25) is 10.0 Å². The molecule has 0 aromatic heterocycles. The lowest BCUT2D eigenvalue weighted by molar-refractivity contribution is 1.41. The molecule has 0 aliphatic heterocycles. The number of anilines is 2. The Kier molecular flexibility index (Phi) is 4.30. The van der Waals surface area contributed by atoms with Gasteiger partial charge in [-0.2, -0.15) is 0 Å². The van der Waals surface area contributed by atoms with Crippen molar-refractivity contribution < 1.29 is 0 Å². The molecule has 0 saturated heterocycles. The van der Waals surface area contributed by atoms with Crippen molar-refractivity contribution >= 4 is 51.8 Å². The summed E-state index contributed by atoms with van der Waals surface area (Å²) in [5.41, 5.74) is 9.31. The zero-order valence-electron chi connectivity index (χ0n) is 10.2. The summed E-state index contributed by atoms with van der Waals surface area (Å²) in [5, 5.41) is 4.30. The average molecular weight is 311 g/mol. The van der Waals surface area contributed by atoms with E-state index in [0.29, 0.717) is 15.0 Å². The number of hydrogen-bond acceptors (Lipinski definition) is 2. The van der Waals surface area contributed by atoms with Crippen molar-refractivity contribution in [3.8, 4) is 0 Å². The smallest absolute Gasteiger partial charge is 0.106 e. The Morgan fingerprint density at radius 3 is 2.53 bits per heavy atom. The van der Waals surface area contributed by atoms with Gasteiger partial charge in [-0.15, -0.1) is 0 Å². The molecule has 0 aliphatic carbocycles. The molecule has 2 nitrogen and oxygen atoms in total. The van der Waals surface area contributed by atoms with Gasteiger partial charge in [-0.1, -0.05) is 47.6 Å². The second-order valence-electron chi connectivity index (χ2n) is 4.12. The van der Waals surface area contributed by atoms with Crippen LogP contribution in [0.5, 0.6) is 0 Å². The molecular formula is C14H12Cl2N2S. The molecule has 0 atom stereocenters. The summed E-state index contributed by atoms with van der Waals surface area (Å²) in [6.45, 7) is 1.99. The van der Waals surface area contributed by atoms with E-state index >= 15 is 0 Å². The molecule has 2 aromatic rings. The molecule has 0 aliphatic rings. The van der Waals surface area contributed by atoms with Gasteiger partial charge in [0.25, 0.3) is 0 Å². The fourth-order valence-electron chi connectivity index (χ4n) is 1.76. The van der Waals surface area contributed by atoms with Crippen molar-refractivity contribution in [2.75, 3.05) is 5.32 Å². The topological polar surface area (TPSA) is 38.0 Å². The average Bonchev–Trinajstić information content (AvgIpc) is 2.36. The third-order valence-corrected chi connectivity index (χ3v) is 3.69. The number of nitrogens with two attached hydrogens (primary N) is 1. The van der Waals surface area contributed by atoms with Crippen LogP contribution in [-0.2, 0) is 0 Å². The molecule has 0 heterocycles. The summed E-state index contributed by atoms with van der Waals surface area (Å²) in [4.78, 5) is 0.353. The predicted octanol–water partition coefficient (Wildman–Crippen LogP) is 4.68. The van der Waals surface area contributed by atoms with E-state index in [9.17, 15) is 0 Å². The van der Waals surface area contributed by atoms with Gasteiger partial charge < -0.3 is 11.1 Å². The van der Waals surface area contributed by atoms with Crippen molar-refractivity contribution in [3.63, 3.8) is 0 Å². The largest absolute Gasteiger partial charge is 0.389 e. The zero-order valence-corrected chi connectivity index (χ0v) is 12.5. The standard InChI is InChI=1S/C14H12Cl2N2S/c1-8-3-2-4-10(14(17)19)13(8)18-9-5-6-11(15)12(16)7-9/h2-7,18H,1H3,(H2,17,19). The summed E-state index contributed by atoms with van der Waals surface area (Å²) in [6.07, 6.45) is 0. The molecule has 5 heteroatoms. The van der Waals surface area contributed by atoms with E-state index in [1.165, 1.54) is 0 Å². The maximum atomic E-state index is 6.00. The van der Waals surface area contributed by atoms with Gasteiger partial charge in [0.1, 0.15) is 4.99 Å². The lowest BCUT2D eigenvalue weighted by Crippen LogP contribution is -2.12. The Hall–Kier alpha value is -1.29. The van der Waals surface area contributed by atoms with Gasteiger partial charge in [0.05, 0.1) is 15.7 Å². The van der Waals surface area contributed by atoms with Crippen LogP contribution in [0.3, 0.4) is 0 Å². The summed E-state index contributed by atoms with van der Waals surface area (Å²) in [6, 6.07) is 11.1. The normalized spacial score (nSPS) is 10.3. The van der Waals surface area contributed by atoms with Crippen LogP contribution >= 0.6 is 35.4 Å². The van der Waals surface area contributed by atoms with Gasteiger partial charge in [-0.25, -0.2) is 0 Å². The molecule has 2 rings (SSSR count). The molecule has 0 bridgehead atoms. The number of rotatable bonds is 3. The predicted molar refractivity (Wildman–Crippen MR) is 86.8 cm³/mol. The fourth-order valence-corrected chi connectivity index (χ4v) is 2.23. The fraction of sp³-hybridized carbons (Fsp3) is 0.0714. The molecule has 0 spiro atoms. The Balaban J connectivity index is 2.42. The molecule has 0 radical (unpaired) electrons. The molecule has 3 N–H and O–H groups in total. The number of thiocarbonyl (C=S) groups is 1. The van der Waals surface area contributed by atoms with Crippen LogP contribution in [0.1, 0.15) is 11.1 Å². The van der Waals surface area contributed by atoms with E-state index in [4.69, 9.17) is 41.2 Å². The highest BCUT2D eigenvalue weighted by atomic mass is 35.5. The van der Waals surface area contributed by atoms with Gasteiger partial charge in [-0.3, -0.25) is 0 Å². The molecule has 2 aromatic carbocycles. The molecular weight excluding hydrogens is 299 g/mol. The minimum atomic E-state index is 0.353. The van der Waals surface area contributed by atoms with Crippen molar-refractivity contribution in [2.45, 2.75) is 6.92 Å². The first kappa shape index (κ1) is 14.1. The summed E-state index contributed by atoms with van der Waals surface area (Å²) >= 11 is 17.0. The minimum absolute atomic E-state index is 0.353. The van der Waals surface area contributed by atoms with Crippen LogP contribution in [0, 0.1) is 6.92 Å². The van der Waals surface area contributed by atoms with E-state index in [1.54, 1.807) is 12.1 Å². The first-order valence-corrected chi connectivity index (χ1v) is 6.77. The lowest BCUT2D eigenvalue weighted by Gasteiger charge is -2.14. The van der Waals surface area contributed by atoms with E-state index in [2.05, 4.69) is 5.32 Å². The van der Waals surface area contributed by atoms with Crippen molar-refractivity contribution in [3.05, 3.63) is 57.6 Å². The number of aryl methyl sites for hydroxylation is 1. The van der Waals surface area contributed by atoms with Crippen LogP contribution in [0.25, 0.3) is 0 Å². The lowest BCUT2D eigenvalue weighted by atomic mass is 10.1. The molecule has 98 valence electrons. The van der Waals surface area contributed by atoms with Gasteiger partial charge >= 0.3 is 0 Å². The van der Waals surface area contributed by atoms with Gasteiger partial charge in [0.2, 0.25) is 0 Å². The number of para-hydroxylation sites is 1.